The van der Waals surface area contributed by atoms with Gasteiger partial charge in [-0.15, -0.1) is 0 Å². The molecular weight excluding hydrogens is 250 g/mol. The van der Waals surface area contributed by atoms with Crippen LogP contribution >= 0.6 is 0 Å². The molecule has 3 aromatic rings. The van der Waals surface area contributed by atoms with Crippen molar-refractivity contribution < 1.29 is 0 Å². The molecule has 0 saturated heterocycles. The van der Waals surface area contributed by atoms with Gasteiger partial charge in [0.15, 0.2) is 0 Å². The predicted molar refractivity (Wildman–Crippen MR) is 78.9 cm³/mol. The summed E-state index contributed by atoms with van der Waals surface area (Å²) in [7, 11) is 0. The van der Waals surface area contributed by atoms with Gasteiger partial charge in [-0.1, -0.05) is 18.2 Å². The molecule has 5 heteroatoms. The number of anilines is 2. The minimum absolute atomic E-state index is 0.854. The van der Waals surface area contributed by atoms with E-state index < -0.39 is 0 Å². The van der Waals surface area contributed by atoms with Crippen molar-refractivity contribution >= 4 is 11.6 Å². The molecule has 3 rings (SSSR count). The standard InChI is InChI=1S/C15H17N5/c1-13-11-20(10-9-19-8-7-16-12-19)15(17-13)18-14-5-3-2-4-6-14/h2-8,11-12H,9-10H2,1H3,(H,17,18). The van der Waals surface area contributed by atoms with E-state index >= 15 is 0 Å². The van der Waals surface area contributed by atoms with Gasteiger partial charge in [0.25, 0.3) is 0 Å². The summed E-state index contributed by atoms with van der Waals surface area (Å²) in [5.41, 5.74) is 2.05. The summed E-state index contributed by atoms with van der Waals surface area (Å²) in [5, 5.41) is 3.35. The average Bonchev–Trinajstić information content (AvgIpc) is 3.07. The second-order valence-corrected chi connectivity index (χ2v) is 4.69. The molecule has 0 saturated carbocycles. The van der Waals surface area contributed by atoms with Crippen LogP contribution in [0.4, 0.5) is 11.6 Å². The Hall–Kier alpha value is -2.56. The van der Waals surface area contributed by atoms with Crippen molar-refractivity contribution in [1.29, 1.82) is 0 Å². The molecule has 0 atom stereocenters. The maximum Gasteiger partial charge on any atom is 0.207 e. The number of para-hydroxylation sites is 1. The maximum atomic E-state index is 4.53. The number of hydrogen-bond donors (Lipinski definition) is 1. The number of nitrogens with one attached hydrogen (secondary N) is 1. The molecule has 0 fully saturated rings. The van der Waals surface area contributed by atoms with E-state index in [0.717, 1.165) is 30.4 Å². The van der Waals surface area contributed by atoms with E-state index in [0.29, 0.717) is 0 Å². The highest BCUT2D eigenvalue weighted by molar-refractivity contribution is 5.53. The third kappa shape index (κ3) is 2.88. The molecule has 0 amide bonds. The van der Waals surface area contributed by atoms with E-state index in [9.17, 15) is 0 Å². The molecule has 1 N–H and O–H groups in total. The number of nitrogens with zero attached hydrogens (tertiary/aromatic N) is 4. The summed E-state index contributed by atoms with van der Waals surface area (Å²) in [6, 6.07) is 10.1. The summed E-state index contributed by atoms with van der Waals surface area (Å²) >= 11 is 0. The van der Waals surface area contributed by atoms with E-state index in [1.165, 1.54) is 0 Å². The van der Waals surface area contributed by atoms with Gasteiger partial charge in [-0.05, 0) is 19.1 Å². The van der Waals surface area contributed by atoms with Crippen LogP contribution in [0.3, 0.4) is 0 Å². The molecular formula is C15H17N5. The lowest BCUT2D eigenvalue weighted by molar-refractivity contribution is 0.583. The van der Waals surface area contributed by atoms with Crippen molar-refractivity contribution in [3.05, 3.63) is 60.9 Å². The van der Waals surface area contributed by atoms with Crippen molar-refractivity contribution in [3.63, 3.8) is 0 Å². The van der Waals surface area contributed by atoms with Gasteiger partial charge < -0.3 is 14.5 Å². The summed E-state index contributed by atoms with van der Waals surface area (Å²) in [5.74, 6) is 0.869. The zero-order valence-corrected chi connectivity index (χ0v) is 11.4. The first kappa shape index (κ1) is 12.5. The fourth-order valence-corrected chi connectivity index (χ4v) is 2.11. The summed E-state index contributed by atoms with van der Waals surface area (Å²) in [6.07, 6.45) is 7.65. The SMILES string of the molecule is Cc1cn(CCn2ccnc2)c(Nc2ccccc2)n1. The van der Waals surface area contributed by atoms with Crippen molar-refractivity contribution in [2.45, 2.75) is 20.0 Å². The smallest absolute Gasteiger partial charge is 0.207 e. The topological polar surface area (TPSA) is 47.7 Å². The summed E-state index contributed by atoms with van der Waals surface area (Å²) < 4.78 is 4.18. The van der Waals surface area contributed by atoms with Crippen LogP contribution < -0.4 is 5.32 Å². The molecule has 0 aliphatic rings. The summed E-state index contributed by atoms with van der Waals surface area (Å²) in [6.45, 7) is 3.73. The Morgan fingerprint density at radius 3 is 2.75 bits per heavy atom. The van der Waals surface area contributed by atoms with Crippen molar-refractivity contribution in [2.75, 3.05) is 5.32 Å². The monoisotopic (exact) mass is 267 g/mol. The van der Waals surface area contributed by atoms with Gasteiger partial charge in [-0.25, -0.2) is 9.97 Å². The van der Waals surface area contributed by atoms with Gasteiger partial charge in [0.2, 0.25) is 5.95 Å². The van der Waals surface area contributed by atoms with E-state index in [2.05, 4.69) is 30.6 Å². The predicted octanol–water partition coefficient (Wildman–Crippen LogP) is 2.83. The Bertz CT molecular complexity index is 655. The van der Waals surface area contributed by atoms with Crippen LogP contribution in [-0.4, -0.2) is 19.1 Å². The molecule has 0 aliphatic carbocycles. The molecule has 0 bridgehead atoms. The van der Waals surface area contributed by atoms with Crippen LogP contribution in [0.2, 0.25) is 0 Å². The first-order chi connectivity index (χ1) is 9.81. The second-order valence-electron chi connectivity index (χ2n) is 4.69. The average molecular weight is 267 g/mol. The Morgan fingerprint density at radius 2 is 2.00 bits per heavy atom. The van der Waals surface area contributed by atoms with E-state index in [4.69, 9.17) is 0 Å². The molecule has 2 aromatic heterocycles. The number of rotatable bonds is 5. The molecule has 0 unspecified atom stereocenters. The Labute approximate surface area is 117 Å². The maximum absolute atomic E-state index is 4.53. The lowest BCUT2D eigenvalue weighted by Crippen LogP contribution is -2.08. The van der Waals surface area contributed by atoms with Crippen LogP contribution in [-0.2, 0) is 13.1 Å². The highest BCUT2D eigenvalue weighted by Crippen LogP contribution is 2.16. The van der Waals surface area contributed by atoms with Gasteiger partial charge in [-0.3, -0.25) is 0 Å². The van der Waals surface area contributed by atoms with Crippen LogP contribution in [0, 0.1) is 6.92 Å². The van der Waals surface area contributed by atoms with Gasteiger partial charge in [-0.2, -0.15) is 0 Å². The lowest BCUT2D eigenvalue weighted by Gasteiger charge is -2.10. The van der Waals surface area contributed by atoms with Crippen LogP contribution in [0.5, 0.6) is 0 Å². The largest absolute Gasteiger partial charge is 0.336 e. The number of aryl methyl sites for hydroxylation is 3. The van der Waals surface area contributed by atoms with Crippen LogP contribution in [0.15, 0.2) is 55.2 Å². The minimum atomic E-state index is 0.854. The van der Waals surface area contributed by atoms with Gasteiger partial charge >= 0.3 is 0 Å². The normalized spacial score (nSPS) is 10.7. The van der Waals surface area contributed by atoms with Gasteiger partial charge in [0, 0.05) is 37.4 Å². The Balaban J connectivity index is 1.74. The lowest BCUT2D eigenvalue weighted by atomic mass is 10.3. The second kappa shape index (κ2) is 5.61. The quantitative estimate of drug-likeness (QED) is 0.773. The molecule has 20 heavy (non-hydrogen) atoms. The zero-order chi connectivity index (χ0) is 13.8. The first-order valence-corrected chi connectivity index (χ1v) is 6.63. The highest BCUT2D eigenvalue weighted by atomic mass is 15.2. The number of aromatic nitrogens is 4. The van der Waals surface area contributed by atoms with E-state index in [-0.39, 0.29) is 0 Å². The fourth-order valence-electron chi connectivity index (χ4n) is 2.11. The minimum Gasteiger partial charge on any atom is -0.336 e. The first-order valence-electron chi connectivity index (χ1n) is 6.63. The molecule has 102 valence electrons. The molecule has 0 radical (unpaired) electrons. The van der Waals surface area contributed by atoms with E-state index in [1.54, 1.807) is 6.20 Å². The number of imidazole rings is 2. The third-order valence-corrected chi connectivity index (χ3v) is 3.09. The van der Waals surface area contributed by atoms with Crippen molar-refractivity contribution in [2.24, 2.45) is 0 Å². The molecule has 0 spiro atoms. The van der Waals surface area contributed by atoms with Crippen LogP contribution in [0.1, 0.15) is 5.69 Å². The molecule has 5 nitrogen and oxygen atoms in total. The number of hydrogen-bond acceptors (Lipinski definition) is 3. The Kier molecular flexibility index (Phi) is 3.50. The third-order valence-electron chi connectivity index (χ3n) is 3.09. The van der Waals surface area contributed by atoms with Crippen molar-refractivity contribution in [1.82, 2.24) is 19.1 Å². The van der Waals surface area contributed by atoms with Crippen LogP contribution in [0.25, 0.3) is 0 Å². The highest BCUT2D eigenvalue weighted by Gasteiger charge is 2.05. The van der Waals surface area contributed by atoms with Gasteiger partial charge in [0.05, 0.1) is 12.0 Å². The summed E-state index contributed by atoms with van der Waals surface area (Å²) in [4.78, 5) is 8.59. The molecule has 1 aromatic carbocycles. The Morgan fingerprint density at radius 1 is 1.15 bits per heavy atom. The number of benzene rings is 1. The molecule has 2 heterocycles. The zero-order valence-electron chi connectivity index (χ0n) is 11.4. The van der Waals surface area contributed by atoms with Crippen molar-refractivity contribution in [3.8, 4) is 0 Å². The molecule has 0 aliphatic heterocycles. The van der Waals surface area contributed by atoms with E-state index in [1.807, 2.05) is 49.8 Å². The van der Waals surface area contributed by atoms with Gasteiger partial charge in [0.1, 0.15) is 0 Å². The fraction of sp³-hybridized carbons (Fsp3) is 0.200.